The van der Waals surface area contributed by atoms with Crippen LogP contribution in [0.5, 0.6) is 0 Å². The zero-order valence-electron chi connectivity index (χ0n) is 46.5. The molecule has 4 aromatic carbocycles. The fourth-order valence-electron chi connectivity index (χ4n) is 10.5. The molecular weight excluding hydrogens is 1200 g/mol. The monoisotopic (exact) mass is 1270 g/mol. The van der Waals surface area contributed by atoms with E-state index in [1.54, 1.807) is 69.2 Å². The van der Waals surface area contributed by atoms with Gasteiger partial charge in [-0.3, -0.25) is 4.79 Å². The maximum atomic E-state index is 12.7. The van der Waals surface area contributed by atoms with Crippen LogP contribution in [0.4, 0.5) is 11.4 Å². The van der Waals surface area contributed by atoms with Crippen LogP contribution in [0.2, 0.25) is 0 Å². The van der Waals surface area contributed by atoms with Crippen LogP contribution >= 0.6 is 0 Å². The van der Waals surface area contributed by atoms with E-state index >= 15 is 0 Å². The molecule has 0 aromatic heterocycles. The number of aliphatic carboxylic acids is 1. The van der Waals surface area contributed by atoms with E-state index in [0.717, 1.165) is 12.1 Å². The van der Waals surface area contributed by atoms with Gasteiger partial charge in [0.25, 0.3) is 0 Å². The standard InChI is InChI=1S/C54H70N2O23S5/c1-53(2)48(55(20-10-6-9-14-50(57)58)44-17-15-40-42(51(44)53)34-38(81(62,63)64)36-46(40)83(68,69)70)12-7-5-8-13-49-54(3,19-11-33-80(59,60)61)52-43-35-39(82(65,66)67)37-47(84(71,72)73)41(43)16-18-45(52)56(49)21-22-75-25-26-77-29-30-79-32-31-78-28-27-76-24-23-74-4/h5,7-8,12-13,15-18,34-37H,6,9-11,14,19-33H2,1-4H3,(H5-,57,58,59,60,61,62,63,64,65,66,67,68,69,70,71,72,73)/p-4. The first-order valence-electron chi connectivity index (χ1n) is 26.4. The number of unbranched alkanes of at least 4 members (excludes halogenated alkanes) is 2. The highest BCUT2D eigenvalue weighted by atomic mass is 32.2. The van der Waals surface area contributed by atoms with Crippen molar-refractivity contribution in [1.29, 1.82) is 0 Å². The summed E-state index contributed by atoms with van der Waals surface area (Å²) in [6.45, 7) is 8.68. The maximum absolute atomic E-state index is 12.7. The Morgan fingerprint density at radius 2 is 1.08 bits per heavy atom. The normalized spacial score (nSPS) is 17.2. The third-order valence-electron chi connectivity index (χ3n) is 14.2. The lowest BCUT2D eigenvalue weighted by Gasteiger charge is -2.31. The van der Waals surface area contributed by atoms with Crippen LogP contribution in [0, 0.1) is 0 Å². The molecule has 2 heterocycles. The summed E-state index contributed by atoms with van der Waals surface area (Å²) in [5, 5.41) is 8.78. The molecule has 1 atom stereocenters. The molecule has 84 heavy (non-hydrogen) atoms. The molecule has 464 valence electrons. The summed E-state index contributed by atoms with van der Waals surface area (Å²) < 4.78 is 222. The van der Waals surface area contributed by atoms with Crippen LogP contribution in [0.3, 0.4) is 0 Å². The highest BCUT2D eigenvalue weighted by molar-refractivity contribution is 7.87. The second kappa shape index (κ2) is 28.6. The lowest BCUT2D eigenvalue weighted by atomic mass is 9.75. The largest absolute Gasteiger partial charge is 0.748 e. The average molecular weight is 1270 g/mol. The number of ether oxygens (including phenoxy) is 6. The summed E-state index contributed by atoms with van der Waals surface area (Å²) in [7, 11) is -24.7. The molecule has 2 aliphatic rings. The van der Waals surface area contributed by atoms with Crippen molar-refractivity contribution in [1.82, 2.24) is 0 Å². The van der Waals surface area contributed by atoms with Crippen molar-refractivity contribution in [2.24, 2.45) is 0 Å². The van der Waals surface area contributed by atoms with Crippen molar-refractivity contribution >= 4 is 95.2 Å². The summed E-state index contributed by atoms with van der Waals surface area (Å²) in [5.41, 5.74) is -0.194. The van der Waals surface area contributed by atoms with E-state index in [1.807, 2.05) is 4.58 Å². The van der Waals surface area contributed by atoms with Gasteiger partial charge in [-0.15, -0.1) is 0 Å². The Hall–Kier alpha value is -5.13. The Bertz CT molecular complexity index is 3780. The van der Waals surface area contributed by atoms with Gasteiger partial charge in [-0.1, -0.05) is 24.3 Å². The minimum Gasteiger partial charge on any atom is -0.748 e. The number of fused-ring (bicyclic) bond motifs is 6. The molecule has 1 unspecified atom stereocenters. The number of hydrogen-bond donors (Lipinski definition) is 1. The highest BCUT2D eigenvalue weighted by Gasteiger charge is 2.47. The van der Waals surface area contributed by atoms with E-state index in [9.17, 15) is 74.8 Å². The van der Waals surface area contributed by atoms with Crippen molar-refractivity contribution in [2.75, 3.05) is 104 Å². The van der Waals surface area contributed by atoms with Gasteiger partial charge in [0.2, 0.25) is 5.69 Å². The van der Waals surface area contributed by atoms with Gasteiger partial charge in [0, 0.05) is 72.1 Å². The van der Waals surface area contributed by atoms with E-state index in [1.165, 1.54) is 18.2 Å². The van der Waals surface area contributed by atoms with E-state index in [0.29, 0.717) is 99.4 Å². The molecule has 0 spiro atoms. The number of hydrogen-bond acceptors (Lipinski definition) is 23. The number of nitrogens with zero attached hydrogens (tertiary/aromatic N) is 2. The van der Waals surface area contributed by atoms with Gasteiger partial charge in [-0.2, -0.15) is 4.58 Å². The quantitative estimate of drug-likeness (QED) is 0.0287. The Morgan fingerprint density at radius 3 is 1.57 bits per heavy atom. The van der Waals surface area contributed by atoms with Crippen molar-refractivity contribution in [2.45, 2.75) is 89.7 Å². The molecule has 0 saturated heterocycles. The summed E-state index contributed by atoms with van der Waals surface area (Å²) >= 11 is 0. The molecule has 25 nitrogen and oxygen atoms in total. The zero-order chi connectivity index (χ0) is 61.9. The Kier molecular flexibility index (Phi) is 23.1. The van der Waals surface area contributed by atoms with Crippen molar-refractivity contribution in [3.05, 3.63) is 95.7 Å². The minimum atomic E-state index is -5.44. The molecule has 30 heteroatoms. The summed E-state index contributed by atoms with van der Waals surface area (Å²) in [5.74, 6) is -1.82. The van der Waals surface area contributed by atoms with Gasteiger partial charge in [-0.05, 0) is 111 Å². The topological polar surface area (TPSA) is 385 Å². The third-order valence-corrected chi connectivity index (χ3v) is 18.4. The predicted molar refractivity (Wildman–Crippen MR) is 300 cm³/mol. The molecule has 2 aliphatic heterocycles. The number of carboxylic acid groups (broad SMARTS) is 1. The van der Waals surface area contributed by atoms with Crippen LogP contribution in [0.25, 0.3) is 21.5 Å². The lowest BCUT2D eigenvalue weighted by Crippen LogP contribution is -2.31. The fraction of sp³-hybridized carbons (Fsp3) is 0.481. The van der Waals surface area contributed by atoms with Gasteiger partial charge in [0.05, 0.1) is 108 Å². The number of methoxy groups -OCH3 is 1. The Morgan fingerprint density at radius 1 is 0.583 bits per heavy atom. The summed E-state index contributed by atoms with van der Waals surface area (Å²) in [6, 6.07) is 8.64. The molecule has 4 aromatic rings. The number of anilines is 1. The molecule has 0 bridgehead atoms. The third kappa shape index (κ3) is 17.3. The van der Waals surface area contributed by atoms with Crippen LogP contribution in [-0.2, 0) is 94.6 Å². The first-order chi connectivity index (χ1) is 39.3. The zero-order valence-corrected chi connectivity index (χ0v) is 50.6. The van der Waals surface area contributed by atoms with Crippen LogP contribution in [0.15, 0.2) is 104 Å². The van der Waals surface area contributed by atoms with E-state index < -0.39 is 92.7 Å². The van der Waals surface area contributed by atoms with E-state index in [2.05, 4.69) is 0 Å². The van der Waals surface area contributed by atoms with Gasteiger partial charge >= 0.3 is 5.97 Å². The first kappa shape index (κ1) is 68.0. The minimum absolute atomic E-state index is 0.00424. The maximum Gasteiger partial charge on any atom is 0.303 e. The molecule has 0 saturated carbocycles. The van der Waals surface area contributed by atoms with Crippen LogP contribution in [0.1, 0.15) is 70.4 Å². The second-order valence-corrected chi connectivity index (χ2v) is 27.3. The average Bonchev–Trinajstić information content (AvgIpc) is 1.82. The smallest absolute Gasteiger partial charge is 0.303 e. The number of benzene rings is 4. The van der Waals surface area contributed by atoms with Gasteiger partial charge in [0.15, 0.2) is 5.71 Å². The SMILES string of the molecule is COCCOCCOCCOCCOCCOCCN1C(=CC=CC=CC2=[N+](CCCCCC(=O)O)c3ccc4c(S(=O)(=O)[O-])cc(S(=O)(=O)[O-])cc4c3C2(C)C)C(C)(CCCS(=O)(=O)[O-])c2c1ccc1c(S(=O)(=O)[O-])cc(S(=O)(=O)[O-])cc21. The van der Waals surface area contributed by atoms with E-state index in [4.69, 9.17) is 28.4 Å². The Labute approximate surface area is 489 Å². The lowest BCUT2D eigenvalue weighted by molar-refractivity contribution is -0.438. The second-order valence-electron chi connectivity index (χ2n) is 20.3. The molecule has 0 amide bonds. The van der Waals surface area contributed by atoms with Crippen molar-refractivity contribution < 1.29 is 108 Å². The number of rotatable bonds is 35. The molecule has 1 N–H and O–H groups in total. The molecule has 0 aliphatic carbocycles. The number of allylic oxidation sites excluding steroid dienone is 6. The van der Waals surface area contributed by atoms with Crippen molar-refractivity contribution in [3.63, 3.8) is 0 Å². The van der Waals surface area contributed by atoms with Gasteiger partial charge in [-0.25, -0.2) is 42.1 Å². The van der Waals surface area contributed by atoms with Crippen LogP contribution in [-0.4, -0.2) is 185 Å². The molecule has 6 rings (SSSR count). The van der Waals surface area contributed by atoms with Crippen molar-refractivity contribution in [3.8, 4) is 0 Å². The summed E-state index contributed by atoms with van der Waals surface area (Å²) in [4.78, 5) is 9.18. The predicted octanol–water partition coefficient (Wildman–Crippen LogP) is 4.46. The first-order valence-corrected chi connectivity index (χ1v) is 33.6. The van der Waals surface area contributed by atoms with Crippen LogP contribution < -0.4 is 4.90 Å². The fourth-order valence-corrected chi connectivity index (χ4v) is 13.7. The number of carboxylic acids is 1. The highest BCUT2D eigenvalue weighted by Crippen LogP contribution is 2.54. The number of carbonyl (C=O) groups is 1. The molecule has 0 fully saturated rings. The summed E-state index contributed by atoms with van der Waals surface area (Å²) in [6.07, 6.45) is 8.94. The molecule has 0 radical (unpaired) electrons. The van der Waals surface area contributed by atoms with E-state index in [-0.39, 0.29) is 92.5 Å². The molecular formula is C54H66N2O23S5-4. The van der Waals surface area contributed by atoms with Gasteiger partial charge in [0.1, 0.15) is 47.0 Å². The Balaban J connectivity index is 1.37. The van der Waals surface area contributed by atoms with Gasteiger partial charge < -0.3 is 61.2 Å².